The SMILES string of the molecule is O=[N+]([O-])c1cc(CNc2ccc(I)cc2Cl)ccc1Br. The zero-order valence-electron chi connectivity index (χ0n) is 10.1. The van der Waals surface area contributed by atoms with E-state index in [0.717, 1.165) is 14.8 Å². The predicted octanol–water partition coefficient (Wildman–Crippen LogP) is 5.23. The second kappa shape index (κ2) is 6.73. The summed E-state index contributed by atoms with van der Waals surface area (Å²) < 4.78 is 1.52. The first-order chi connectivity index (χ1) is 9.47. The van der Waals surface area contributed by atoms with Crippen LogP contribution in [0.3, 0.4) is 0 Å². The first-order valence-corrected chi connectivity index (χ1v) is 7.84. The van der Waals surface area contributed by atoms with Crippen molar-refractivity contribution in [1.29, 1.82) is 0 Å². The Bertz CT molecular complexity index is 667. The van der Waals surface area contributed by atoms with Crippen LogP contribution in [0.2, 0.25) is 5.02 Å². The Balaban J connectivity index is 2.15. The van der Waals surface area contributed by atoms with Gasteiger partial charge < -0.3 is 5.32 Å². The maximum atomic E-state index is 10.9. The number of anilines is 1. The highest BCUT2D eigenvalue weighted by Crippen LogP contribution is 2.27. The molecule has 0 atom stereocenters. The topological polar surface area (TPSA) is 55.2 Å². The second-order valence-corrected chi connectivity index (χ2v) is 6.53. The van der Waals surface area contributed by atoms with E-state index in [4.69, 9.17) is 11.6 Å². The monoisotopic (exact) mass is 466 g/mol. The minimum absolute atomic E-state index is 0.0537. The van der Waals surface area contributed by atoms with E-state index in [-0.39, 0.29) is 5.69 Å². The van der Waals surface area contributed by atoms with Crippen LogP contribution in [0.1, 0.15) is 5.56 Å². The summed E-state index contributed by atoms with van der Waals surface area (Å²) in [6.45, 7) is 0.467. The van der Waals surface area contributed by atoms with Crippen molar-refractivity contribution in [2.24, 2.45) is 0 Å². The zero-order valence-corrected chi connectivity index (χ0v) is 14.6. The Hall–Kier alpha value is -0.860. The Kier molecular flexibility index (Phi) is 5.22. The number of rotatable bonds is 4. The molecule has 4 nitrogen and oxygen atoms in total. The molecule has 0 saturated heterocycles. The lowest BCUT2D eigenvalue weighted by Gasteiger charge is -2.09. The Morgan fingerprint density at radius 3 is 2.70 bits per heavy atom. The molecule has 20 heavy (non-hydrogen) atoms. The molecule has 0 amide bonds. The Morgan fingerprint density at radius 2 is 2.05 bits per heavy atom. The molecule has 0 radical (unpaired) electrons. The quantitative estimate of drug-likeness (QED) is 0.381. The van der Waals surface area contributed by atoms with Crippen molar-refractivity contribution in [2.75, 3.05) is 5.32 Å². The third-order valence-electron chi connectivity index (χ3n) is 2.62. The van der Waals surface area contributed by atoms with Crippen LogP contribution in [-0.4, -0.2) is 4.92 Å². The van der Waals surface area contributed by atoms with E-state index < -0.39 is 4.92 Å². The van der Waals surface area contributed by atoms with Crippen LogP contribution in [0, 0.1) is 13.7 Å². The normalized spacial score (nSPS) is 10.3. The largest absolute Gasteiger partial charge is 0.380 e. The van der Waals surface area contributed by atoms with Crippen LogP contribution in [0.25, 0.3) is 0 Å². The van der Waals surface area contributed by atoms with Gasteiger partial charge in [-0.2, -0.15) is 0 Å². The van der Waals surface area contributed by atoms with E-state index in [2.05, 4.69) is 43.8 Å². The lowest BCUT2D eigenvalue weighted by Crippen LogP contribution is -2.01. The van der Waals surface area contributed by atoms with Gasteiger partial charge in [0.1, 0.15) is 0 Å². The van der Waals surface area contributed by atoms with Gasteiger partial charge in [-0.1, -0.05) is 17.7 Å². The molecule has 2 rings (SSSR count). The molecule has 2 aromatic rings. The Labute approximate surface area is 142 Å². The van der Waals surface area contributed by atoms with Crippen molar-refractivity contribution in [3.8, 4) is 0 Å². The molecule has 0 saturated carbocycles. The fraction of sp³-hybridized carbons (Fsp3) is 0.0769. The van der Waals surface area contributed by atoms with E-state index in [1.54, 1.807) is 6.07 Å². The smallest absolute Gasteiger partial charge is 0.283 e. The molecule has 0 aliphatic heterocycles. The summed E-state index contributed by atoms with van der Waals surface area (Å²) in [5.74, 6) is 0. The molecule has 0 spiro atoms. The van der Waals surface area contributed by atoms with Crippen molar-refractivity contribution >= 4 is 61.5 Å². The first-order valence-electron chi connectivity index (χ1n) is 5.59. The minimum Gasteiger partial charge on any atom is -0.380 e. The summed E-state index contributed by atoms with van der Waals surface area (Å²) in [5.41, 5.74) is 1.67. The summed E-state index contributed by atoms with van der Waals surface area (Å²) in [6.07, 6.45) is 0. The van der Waals surface area contributed by atoms with Gasteiger partial charge in [0.05, 0.1) is 20.1 Å². The molecule has 104 valence electrons. The maximum absolute atomic E-state index is 10.9. The van der Waals surface area contributed by atoms with Gasteiger partial charge in [0.15, 0.2) is 0 Å². The van der Waals surface area contributed by atoms with E-state index >= 15 is 0 Å². The van der Waals surface area contributed by atoms with Crippen LogP contribution in [-0.2, 0) is 6.54 Å². The number of nitro groups is 1. The molecule has 1 N–H and O–H groups in total. The molecule has 0 fully saturated rings. The van der Waals surface area contributed by atoms with Gasteiger partial charge in [0.25, 0.3) is 5.69 Å². The van der Waals surface area contributed by atoms with E-state index in [1.807, 2.05) is 24.3 Å². The van der Waals surface area contributed by atoms with E-state index in [9.17, 15) is 10.1 Å². The average Bonchev–Trinajstić information content (AvgIpc) is 2.39. The second-order valence-electron chi connectivity index (χ2n) is 4.02. The summed E-state index contributed by atoms with van der Waals surface area (Å²) in [5, 5.41) is 14.7. The van der Waals surface area contributed by atoms with Crippen molar-refractivity contribution in [3.05, 3.63) is 65.1 Å². The van der Waals surface area contributed by atoms with Crippen molar-refractivity contribution < 1.29 is 4.92 Å². The van der Waals surface area contributed by atoms with Crippen LogP contribution in [0.15, 0.2) is 40.9 Å². The molecule has 7 heteroatoms. The Morgan fingerprint density at radius 1 is 1.30 bits per heavy atom. The van der Waals surface area contributed by atoms with E-state index in [0.29, 0.717) is 16.0 Å². The number of nitro benzene ring substituents is 1. The number of nitrogens with one attached hydrogen (secondary N) is 1. The van der Waals surface area contributed by atoms with Gasteiger partial charge in [-0.25, -0.2) is 0 Å². The molecule has 0 aliphatic carbocycles. The summed E-state index contributed by atoms with van der Waals surface area (Å²) in [7, 11) is 0. The number of halogens is 3. The molecular weight excluding hydrogens is 458 g/mol. The van der Waals surface area contributed by atoms with Crippen molar-refractivity contribution in [3.63, 3.8) is 0 Å². The summed E-state index contributed by atoms with van der Waals surface area (Å²) >= 11 is 11.5. The molecular formula is C13H9BrClIN2O2. The lowest BCUT2D eigenvalue weighted by molar-refractivity contribution is -0.385. The number of benzene rings is 2. The van der Waals surface area contributed by atoms with Gasteiger partial charge in [0.2, 0.25) is 0 Å². The van der Waals surface area contributed by atoms with Crippen LogP contribution >= 0.6 is 50.1 Å². The summed E-state index contributed by atoms with van der Waals surface area (Å²) in [4.78, 5) is 10.5. The standard InChI is InChI=1S/C13H9BrClIN2O2/c14-10-3-1-8(5-13(10)18(19)20)7-17-12-4-2-9(16)6-11(12)15/h1-6,17H,7H2. The van der Waals surface area contributed by atoms with E-state index in [1.165, 1.54) is 6.07 Å². The first kappa shape index (κ1) is 15.5. The molecule has 0 aliphatic rings. The van der Waals surface area contributed by atoms with Gasteiger partial charge in [-0.3, -0.25) is 10.1 Å². The van der Waals surface area contributed by atoms with Crippen molar-refractivity contribution in [2.45, 2.75) is 6.54 Å². The van der Waals surface area contributed by atoms with Crippen LogP contribution in [0.4, 0.5) is 11.4 Å². The average molecular weight is 467 g/mol. The number of hydrogen-bond donors (Lipinski definition) is 1. The maximum Gasteiger partial charge on any atom is 0.283 e. The highest BCUT2D eigenvalue weighted by molar-refractivity contribution is 14.1. The molecule has 0 aromatic heterocycles. The van der Waals surface area contributed by atoms with Gasteiger partial charge >= 0.3 is 0 Å². The fourth-order valence-electron chi connectivity index (χ4n) is 1.64. The van der Waals surface area contributed by atoms with Crippen molar-refractivity contribution in [1.82, 2.24) is 0 Å². The van der Waals surface area contributed by atoms with Gasteiger partial charge in [-0.15, -0.1) is 0 Å². The zero-order chi connectivity index (χ0) is 14.7. The van der Waals surface area contributed by atoms with Gasteiger partial charge in [0, 0.05) is 16.2 Å². The lowest BCUT2D eigenvalue weighted by atomic mass is 10.2. The highest BCUT2D eigenvalue weighted by atomic mass is 127. The number of nitrogens with zero attached hydrogens (tertiary/aromatic N) is 1. The fourth-order valence-corrected chi connectivity index (χ4v) is 2.95. The minimum atomic E-state index is -0.411. The predicted molar refractivity (Wildman–Crippen MR) is 92.3 cm³/mol. The third kappa shape index (κ3) is 3.83. The molecule has 2 aromatic carbocycles. The van der Waals surface area contributed by atoms with Crippen LogP contribution < -0.4 is 5.32 Å². The molecule has 0 unspecified atom stereocenters. The highest BCUT2D eigenvalue weighted by Gasteiger charge is 2.12. The molecule has 0 bridgehead atoms. The van der Waals surface area contributed by atoms with Gasteiger partial charge in [-0.05, 0) is 68.3 Å². The third-order valence-corrected chi connectivity index (χ3v) is 4.28. The van der Waals surface area contributed by atoms with Crippen LogP contribution in [0.5, 0.6) is 0 Å². The molecule has 0 heterocycles. The summed E-state index contributed by atoms with van der Waals surface area (Å²) in [6, 6.07) is 10.7. The number of hydrogen-bond acceptors (Lipinski definition) is 3.